The van der Waals surface area contributed by atoms with Gasteiger partial charge >= 0.3 is 0 Å². The lowest BCUT2D eigenvalue weighted by atomic mass is 10.1. The third-order valence-electron chi connectivity index (χ3n) is 3.93. The Bertz CT molecular complexity index is 872. The molecule has 3 aromatic carbocycles. The van der Waals surface area contributed by atoms with Gasteiger partial charge in [0, 0.05) is 34.3 Å². The van der Waals surface area contributed by atoms with Crippen LogP contribution in [0, 0.1) is 0 Å². The molecule has 0 atom stereocenters. The molecule has 1 N–H and O–H groups in total. The molecule has 3 rings (SSSR count). The van der Waals surface area contributed by atoms with Gasteiger partial charge < -0.3 is 14.8 Å². The van der Waals surface area contributed by atoms with Crippen LogP contribution < -0.4 is 14.8 Å². The molecule has 3 nitrogen and oxygen atoms in total. The number of hydrogen-bond donors (Lipinski definition) is 1. The van der Waals surface area contributed by atoms with Gasteiger partial charge in [0.05, 0.1) is 13.2 Å². The Hall–Kier alpha value is -2.39. The van der Waals surface area contributed by atoms with Crippen molar-refractivity contribution in [2.45, 2.75) is 26.5 Å². The highest BCUT2D eigenvalue weighted by Gasteiger charge is 2.14. The summed E-state index contributed by atoms with van der Waals surface area (Å²) in [5, 5.41) is 6.52. The molecule has 0 spiro atoms. The van der Waals surface area contributed by atoms with Gasteiger partial charge in [-0.25, -0.2) is 0 Å². The summed E-state index contributed by atoms with van der Waals surface area (Å²) in [6.07, 6.45) is 0.0476. The normalized spacial score (nSPS) is 10.9. The molecule has 0 radical (unpaired) electrons. The minimum atomic E-state index is 0.0476. The average Bonchev–Trinajstić information content (AvgIpc) is 2.61. The summed E-state index contributed by atoms with van der Waals surface area (Å²) in [6, 6.07) is 18.2. The second-order valence-corrected chi connectivity index (χ2v) is 6.58. The number of methoxy groups -OCH3 is 1. The maximum atomic E-state index is 6.25. The summed E-state index contributed by atoms with van der Waals surface area (Å²) in [7, 11) is 1.63. The Morgan fingerprint density at radius 1 is 1.04 bits per heavy atom. The van der Waals surface area contributed by atoms with Crippen molar-refractivity contribution in [1.29, 1.82) is 0 Å². The molecule has 0 aromatic heterocycles. The van der Waals surface area contributed by atoms with Gasteiger partial charge in [-0.15, -0.1) is 0 Å². The number of nitrogens with one attached hydrogen (secondary N) is 1. The molecule has 0 saturated carbocycles. The molecule has 0 unspecified atom stereocenters. The summed E-state index contributed by atoms with van der Waals surface area (Å²) in [4.78, 5) is 0. The van der Waals surface area contributed by atoms with Crippen LogP contribution in [0.15, 0.2) is 54.6 Å². The van der Waals surface area contributed by atoms with Crippen LogP contribution in [0.5, 0.6) is 11.5 Å². The largest absolute Gasteiger partial charge is 0.493 e. The van der Waals surface area contributed by atoms with E-state index in [0.717, 1.165) is 17.0 Å². The van der Waals surface area contributed by atoms with Crippen molar-refractivity contribution in [2.75, 3.05) is 12.4 Å². The Balaban J connectivity index is 1.93. The number of fused-ring (bicyclic) bond motifs is 1. The molecule has 25 heavy (non-hydrogen) atoms. The summed E-state index contributed by atoms with van der Waals surface area (Å²) < 4.78 is 11.4. The van der Waals surface area contributed by atoms with E-state index in [1.54, 1.807) is 13.2 Å². The fourth-order valence-electron chi connectivity index (χ4n) is 2.85. The maximum Gasteiger partial charge on any atom is 0.166 e. The van der Waals surface area contributed by atoms with Gasteiger partial charge in [0.25, 0.3) is 0 Å². The van der Waals surface area contributed by atoms with E-state index in [4.69, 9.17) is 21.1 Å². The van der Waals surface area contributed by atoms with Crippen LogP contribution >= 0.6 is 11.6 Å². The van der Waals surface area contributed by atoms with Crippen molar-refractivity contribution in [3.05, 3.63) is 65.2 Å². The monoisotopic (exact) mass is 355 g/mol. The van der Waals surface area contributed by atoms with E-state index in [1.165, 1.54) is 10.8 Å². The fraction of sp³-hybridized carbons (Fsp3) is 0.238. The van der Waals surface area contributed by atoms with Crippen LogP contribution in [0.4, 0.5) is 5.69 Å². The minimum absolute atomic E-state index is 0.0476. The van der Waals surface area contributed by atoms with E-state index in [-0.39, 0.29) is 6.10 Å². The van der Waals surface area contributed by atoms with Crippen LogP contribution in [-0.2, 0) is 6.54 Å². The Morgan fingerprint density at radius 3 is 2.56 bits per heavy atom. The molecule has 3 aromatic rings. The van der Waals surface area contributed by atoms with Gasteiger partial charge in [-0.2, -0.15) is 0 Å². The first-order chi connectivity index (χ1) is 12.1. The highest BCUT2D eigenvalue weighted by molar-refractivity contribution is 6.30. The zero-order valence-corrected chi connectivity index (χ0v) is 15.4. The average molecular weight is 356 g/mol. The fourth-order valence-corrected chi connectivity index (χ4v) is 3.08. The van der Waals surface area contributed by atoms with Crippen molar-refractivity contribution in [1.82, 2.24) is 0 Å². The molecule has 4 heteroatoms. The van der Waals surface area contributed by atoms with Gasteiger partial charge in [-0.1, -0.05) is 48.0 Å². The molecule has 0 fully saturated rings. The number of anilines is 1. The number of ether oxygens (including phenoxy) is 2. The Kier molecular flexibility index (Phi) is 5.34. The molecule has 0 heterocycles. The van der Waals surface area contributed by atoms with Gasteiger partial charge in [-0.3, -0.25) is 0 Å². The third kappa shape index (κ3) is 3.99. The minimum Gasteiger partial charge on any atom is -0.493 e. The lowest BCUT2D eigenvalue weighted by molar-refractivity contribution is 0.228. The van der Waals surface area contributed by atoms with Gasteiger partial charge in [0.1, 0.15) is 0 Å². The van der Waals surface area contributed by atoms with E-state index in [9.17, 15) is 0 Å². The van der Waals surface area contributed by atoms with Crippen LogP contribution in [0.3, 0.4) is 0 Å². The van der Waals surface area contributed by atoms with Crippen molar-refractivity contribution < 1.29 is 9.47 Å². The van der Waals surface area contributed by atoms with Gasteiger partial charge in [0.15, 0.2) is 11.5 Å². The second-order valence-electron chi connectivity index (χ2n) is 6.14. The van der Waals surface area contributed by atoms with Crippen molar-refractivity contribution in [2.24, 2.45) is 0 Å². The number of rotatable bonds is 6. The third-order valence-corrected chi connectivity index (χ3v) is 4.15. The maximum absolute atomic E-state index is 6.25. The first kappa shape index (κ1) is 17.4. The second kappa shape index (κ2) is 7.66. The molecular formula is C21H22ClNO2. The molecule has 0 aliphatic heterocycles. The van der Waals surface area contributed by atoms with E-state index in [0.29, 0.717) is 17.3 Å². The first-order valence-corrected chi connectivity index (χ1v) is 8.71. The molecule has 0 aliphatic carbocycles. The molecule has 0 bridgehead atoms. The summed E-state index contributed by atoms with van der Waals surface area (Å²) in [5.74, 6) is 1.38. The van der Waals surface area contributed by atoms with E-state index < -0.39 is 0 Å². The molecule has 0 saturated heterocycles. The van der Waals surface area contributed by atoms with Crippen LogP contribution in [0.2, 0.25) is 5.02 Å². The number of benzene rings is 3. The highest BCUT2D eigenvalue weighted by atomic mass is 35.5. The summed E-state index contributed by atoms with van der Waals surface area (Å²) in [5.41, 5.74) is 2.04. The molecule has 0 amide bonds. The number of halogens is 1. The zero-order valence-electron chi connectivity index (χ0n) is 14.7. The van der Waals surface area contributed by atoms with Crippen molar-refractivity contribution in [3.8, 4) is 11.5 Å². The Morgan fingerprint density at radius 2 is 1.80 bits per heavy atom. The molecule has 0 aliphatic rings. The van der Waals surface area contributed by atoms with Crippen molar-refractivity contribution in [3.63, 3.8) is 0 Å². The van der Waals surface area contributed by atoms with E-state index in [1.807, 2.05) is 32.0 Å². The SMILES string of the molecule is COc1cc(Cl)cc(CNc2cccc3ccccc23)c1OC(C)C. The molecular weight excluding hydrogens is 334 g/mol. The van der Waals surface area contributed by atoms with Crippen LogP contribution in [-0.4, -0.2) is 13.2 Å². The summed E-state index contributed by atoms with van der Waals surface area (Å²) in [6.45, 7) is 4.58. The van der Waals surface area contributed by atoms with Gasteiger partial charge in [-0.05, 0) is 31.4 Å². The smallest absolute Gasteiger partial charge is 0.166 e. The summed E-state index contributed by atoms with van der Waals surface area (Å²) >= 11 is 6.25. The molecule has 130 valence electrons. The van der Waals surface area contributed by atoms with Crippen LogP contribution in [0.1, 0.15) is 19.4 Å². The highest BCUT2D eigenvalue weighted by Crippen LogP contribution is 2.36. The van der Waals surface area contributed by atoms with E-state index >= 15 is 0 Å². The predicted molar refractivity (Wildman–Crippen MR) is 105 cm³/mol. The number of hydrogen-bond acceptors (Lipinski definition) is 3. The standard InChI is InChI=1S/C21H22ClNO2/c1-14(2)25-21-16(11-17(22)12-20(21)24-3)13-23-19-10-6-8-15-7-4-5-9-18(15)19/h4-12,14,23H,13H2,1-3H3. The van der Waals surface area contributed by atoms with Crippen LogP contribution in [0.25, 0.3) is 10.8 Å². The van der Waals surface area contributed by atoms with Gasteiger partial charge in [0.2, 0.25) is 0 Å². The topological polar surface area (TPSA) is 30.5 Å². The first-order valence-electron chi connectivity index (χ1n) is 8.33. The van der Waals surface area contributed by atoms with Crippen molar-refractivity contribution >= 4 is 28.1 Å². The Labute approximate surface area is 153 Å². The predicted octanol–water partition coefficient (Wildman–Crippen LogP) is 5.90. The van der Waals surface area contributed by atoms with E-state index in [2.05, 4.69) is 35.6 Å². The quantitative estimate of drug-likeness (QED) is 0.597. The lowest BCUT2D eigenvalue weighted by Gasteiger charge is -2.19. The zero-order chi connectivity index (χ0) is 17.8. The lowest BCUT2D eigenvalue weighted by Crippen LogP contribution is -2.11.